The Balaban J connectivity index is 2.39. The molecule has 1 aromatic rings. The number of esters is 1. The Bertz CT molecular complexity index is 417. The molecule has 0 amide bonds. The number of carbonyl (C=O) groups is 1. The lowest BCUT2D eigenvalue weighted by Gasteiger charge is -2.08. The van der Waals surface area contributed by atoms with Gasteiger partial charge in [0.1, 0.15) is 5.69 Å². The number of hydrogen-bond acceptors (Lipinski definition) is 5. The third-order valence-electron chi connectivity index (χ3n) is 2.66. The Morgan fingerprint density at radius 1 is 1.56 bits per heavy atom. The molecule has 0 saturated heterocycles. The lowest BCUT2D eigenvalue weighted by Crippen LogP contribution is -2.34. The second kappa shape index (κ2) is 4.23. The van der Waals surface area contributed by atoms with E-state index in [2.05, 4.69) is 9.72 Å². The highest BCUT2D eigenvalue weighted by molar-refractivity contribution is 6.59. The highest BCUT2D eigenvalue weighted by Crippen LogP contribution is 2.38. The van der Waals surface area contributed by atoms with Gasteiger partial charge in [0.05, 0.1) is 7.11 Å². The van der Waals surface area contributed by atoms with Crippen LogP contribution in [0, 0.1) is 0 Å². The second-order valence-electron chi connectivity index (χ2n) is 3.84. The molecule has 0 bridgehead atoms. The number of nitrogens with zero attached hydrogens (tertiary/aromatic N) is 1. The maximum Gasteiger partial charge on any atom is 0.488 e. The number of pyridine rings is 1. The highest BCUT2D eigenvalue weighted by atomic mass is 16.5. The summed E-state index contributed by atoms with van der Waals surface area (Å²) in [6.07, 6.45) is 3.58. The van der Waals surface area contributed by atoms with Crippen molar-refractivity contribution in [3.63, 3.8) is 0 Å². The van der Waals surface area contributed by atoms with Crippen LogP contribution in [0.15, 0.2) is 12.3 Å². The van der Waals surface area contributed by atoms with Gasteiger partial charge in [-0.25, -0.2) is 9.78 Å². The molecule has 1 aromatic heterocycles. The monoisotopic (exact) mass is 221 g/mol. The summed E-state index contributed by atoms with van der Waals surface area (Å²) in [5.41, 5.74) is 1.25. The Morgan fingerprint density at radius 2 is 2.25 bits per heavy atom. The lowest BCUT2D eigenvalue weighted by molar-refractivity contribution is 0.0594. The van der Waals surface area contributed by atoms with E-state index in [1.165, 1.54) is 19.4 Å². The van der Waals surface area contributed by atoms with E-state index in [1.54, 1.807) is 0 Å². The summed E-state index contributed by atoms with van der Waals surface area (Å²) in [7, 11) is -0.324. The minimum absolute atomic E-state index is 0.0926. The first-order chi connectivity index (χ1) is 7.63. The number of methoxy groups -OCH3 is 1. The number of carbonyl (C=O) groups excluding carboxylic acids is 1. The summed E-state index contributed by atoms with van der Waals surface area (Å²) in [6.45, 7) is 0. The van der Waals surface area contributed by atoms with Gasteiger partial charge in [-0.05, 0) is 35.9 Å². The van der Waals surface area contributed by atoms with E-state index in [4.69, 9.17) is 0 Å². The molecule has 84 valence electrons. The van der Waals surface area contributed by atoms with E-state index in [0.717, 1.165) is 18.4 Å². The average Bonchev–Trinajstić information content (AvgIpc) is 3.11. The molecule has 16 heavy (non-hydrogen) atoms. The third-order valence-corrected chi connectivity index (χ3v) is 2.66. The molecular formula is C10H12BNO4. The van der Waals surface area contributed by atoms with E-state index in [1.807, 2.05) is 0 Å². The number of rotatable bonds is 3. The van der Waals surface area contributed by atoms with Crippen LogP contribution >= 0.6 is 0 Å². The zero-order chi connectivity index (χ0) is 11.7. The molecule has 0 aromatic carbocycles. The molecule has 0 atom stereocenters. The molecule has 2 N–H and O–H groups in total. The predicted octanol–water partition coefficient (Wildman–Crippen LogP) is -0.575. The molecule has 1 aliphatic carbocycles. The molecule has 1 saturated carbocycles. The largest absolute Gasteiger partial charge is 0.488 e. The van der Waals surface area contributed by atoms with Gasteiger partial charge in [0, 0.05) is 6.20 Å². The molecule has 0 aliphatic heterocycles. The maximum absolute atomic E-state index is 11.2. The fourth-order valence-electron chi connectivity index (χ4n) is 1.66. The van der Waals surface area contributed by atoms with Crippen molar-refractivity contribution in [2.75, 3.05) is 7.11 Å². The summed E-state index contributed by atoms with van der Waals surface area (Å²) in [5, 5.41) is 18.5. The van der Waals surface area contributed by atoms with Crippen molar-refractivity contribution in [1.29, 1.82) is 0 Å². The molecule has 0 radical (unpaired) electrons. The zero-order valence-electron chi connectivity index (χ0n) is 8.88. The Morgan fingerprint density at radius 3 is 2.75 bits per heavy atom. The van der Waals surface area contributed by atoms with Crippen molar-refractivity contribution in [2.45, 2.75) is 18.8 Å². The van der Waals surface area contributed by atoms with Crippen molar-refractivity contribution < 1.29 is 19.6 Å². The molecular weight excluding hydrogens is 209 g/mol. The number of aromatic nitrogens is 1. The van der Waals surface area contributed by atoms with Crippen LogP contribution in [0.4, 0.5) is 0 Å². The van der Waals surface area contributed by atoms with Gasteiger partial charge < -0.3 is 14.8 Å². The predicted molar refractivity (Wildman–Crippen MR) is 57.4 cm³/mol. The molecule has 1 aliphatic rings. The second-order valence-corrected chi connectivity index (χ2v) is 3.84. The van der Waals surface area contributed by atoms with Crippen LogP contribution < -0.4 is 5.46 Å². The van der Waals surface area contributed by atoms with E-state index >= 15 is 0 Å². The maximum atomic E-state index is 11.2. The molecule has 0 unspecified atom stereocenters. The summed E-state index contributed by atoms with van der Waals surface area (Å²) in [5.74, 6) is -0.236. The topological polar surface area (TPSA) is 79.7 Å². The Hall–Kier alpha value is -1.40. The summed E-state index contributed by atoms with van der Waals surface area (Å²) < 4.78 is 4.52. The van der Waals surface area contributed by atoms with Gasteiger partial charge in [-0.1, -0.05) is 0 Å². The molecule has 2 rings (SSSR count). The first-order valence-corrected chi connectivity index (χ1v) is 5.07. The standard InChI is InChI=1S/C10H12BNO4/c1-16-10(13)9-4-8(11(14)15)7(5-12-9)6-2-3-6/h4-6,14-15H,2-3H2,1H3. The van der Waals surface area contributed by atoms with Gasteiger partial charge >= 0.3 is 13.1 Å². The van der Waals surface area contributed by atoms with E-state index in [-0.39, 0.29) is 5.69 Å². The van der Waals surface area contributed by atoms with Gasteiger partial charge in [0.15, 0.2) is 0 Å². The number of hydrogen-bond donors (Lipinski definition) is 2. The van der Waals surface area contributed by atoms with E-state index in [9.17, 15) is 14.8 Å². The van der Waals surface area contributed by atoms with Crippen molar-refractivity contribution in [3.8, 4) is 0 Å². The van der Waals surface area contributed by atoms with Gasteiger partial charge in [-0.2, -0.15) is 0 Å². The van der Waals surface area contributed by atoms with E-state index < -0.39 is 13.1 Å². The van der Waals surface area contributed by atoms with Gasteiger partial charge in [0.25, 0.3) is 0 Å². The first-order valence-electron chi connectivity index (χ1n) is 5.07. The first kappa shape index (κ1) is 11.1. The van der Waals surface area contributed by atoms with Crippen LogP contribution in [0.3, 0.4) is 0 Å². The van der Waals surface area contributed by atoms with Crippen molar-refractivity contribution >= 4 is 18.6 Å². The highest BCUT2D eigenvalue weighted by Gasteiger charge is 2.30. The average molecular weight is 221 g/mol. The quantitative estimate of drug-likeness (QED) is 0.527. The third kappa shape index (κ3) is 2.07. The van der Waals surface area contributed by atoms with Gasteiger partial charge in [0.2, 0.25) is 0 Å². The summed E-state index contributed by atoms with van der Waals surface area (Å²) in [6, 6.07) is 1.38. The van der Waals surface area contributed by atoms with Crippen molar-refractivity contribution in [3.05, 3.63) is 23.5 Å². The SMILES string of the molecule is COC(=O)c1cc(B(O)O)c(C2CC2)cn1. The van der Waals surface area contributed by atoms with Crippen LogP contribution in [0.2, 0.25) is 0 Å². The molecule has 1 fully saturated rings. The van der Waals surface area contributed by atoms with Crippen molar-refractivity contribution in [2.24, 2.45) is 0 Å². The van der Waals surface area contributed by atoms with Crippen LogP contribution in [-0.2, 0) is 4.74 Å². The number of ether oxygens (including phenoxy) is 1. The normalized spacial score (nSPS) is 14.7. The molecule has 1 heterocycles. The van der Waals surface area contributed by atoms with Crippen LogP contribution in [0.1, 0.15) is 34.8 Å². The Kier molecular flexibility index (Phi) is 2.94. The smallest absolute Gasteiger partial charge is 0.464 e. The van der Waals surface area contributed by atoms with Crippen LogP contribution in [-0.4, -0.2) is 35.2 Å². The van der Waals surface area contributed by atoms with Gasteiger partial charge in [-0.15, -0.1) is 0 Å². The Labute approximate surface area is 93.2 Å². The molecule has 5 nitrogen and oxygen atoms in total. The zero-order valence-corrected chi connectivity index (χ0v) is 8.88. The molecule has 0 spiro atoms. The van der Waals surface area contributed by atoms with Crippen molar-refractivity contribution in [1.82, 2.24) is 4.98 Å². The van der Waals surface area contributed by atoms with Crippen LogP contribution in [0.5, 0.6) is 0 Å². The fourth-order valence-corrected chi connectivity index (χ4v) is 1.66. The minimum atomic E-state index is -1.58. The van der Waals surface area contributed by atoms with Crippen LogP contribution in [0.25, 0.3) is 0 Å². The lowest BCUT2D eigenvalue weighted by atomic mass is 9.76. The fraction of sp³-hybridized carbons (Fsp3) is 0.400. The summed E-state index contributed by atoms with van der Waals surface area (Å²) >= 11 is 0. The van der Waals surface area contributed by atoms with E-state index in [0.29, 0.717) is 11.4 Å². The van der Waals surface area contributed by atoms with Gasteiger partial charge in [-0.3, -0.25) is 0 Å². The summed E-state index contributed by atoms with van der Waals surface area (Å²) in [4.78, 5) is 15.2. The molecule has 6 heteroatoms. The minimum Gasteiger partial charge on any atom is -0.464 e.